The Bertz CT molecular complexity index is 689. The standard InChI is InChI=1S/C14H17N5S/c1-19(7-11-8-20-9-16-11)5-4-14-17-12-3-2-10(15)6-13(12)18-14/h2-3,6,8-9H,4-5,7,15H2,1H3,(H,17,18). The van der Waals surface area contributed by atoms with Crippen molar-refractivity contribution in [3.8, 4) is 0 Å². The molecule has 0 unspecified atom stereocenters. The van der Waals surface area contributed by atoms with Gasteiger partial charge in [0, 0.05) is 30.6 Å². The van der Waals surface area contributed by atoms with Crippen LogP contribution in [0.15, 0.2) is 29.1 Å². The molecule has 3 aromatic rings. The van der Waals surface area contributed by atoms with Crippen LogP contribution >= 0.6 is 11.3 Å². The van der Waals surface area contributed by atoms with Crippen molar-refractivity contribution in [3.05, 3.63) is 40.6 Å². The molecular weight excluding hydrogens is 270 g/mol. The molecule has 3 rings (SSSR count). The predicted molar refractivity (Wildman–Crippen MR) is 82.7 cm³/mol. The van der Waals surface area contributed by atoms with Gasteiger partial charge in [0.2, 0.25) is 0 Å². The monoisotopic (exact) mass is 287 g/mol. The highest BCUT2D eigenvalue weighted by molar-refractivity contribution is 7.07. The molecule has 6 heteroatoms. The molecule has 0 bridgehead atoms. The van der Waals surface area contributed by atoms with Crippen molar-refractivity contribution in [2.24, 2.45) is 0 Å². The van der Waals surface area contributed by atoms with E-state index in [0.717, 1.165) is 47.7 Å². The fourth-order valence-electron chi connectivity index (χ4n) is 2.17. The molecule has 104 valence electrons. The molecule has 0 saturated carbocycles. The van der Waals surface area contributed by atoms with Crippen molar-refractivity contribution < 1.29 is 0 Å². The summed E-state index contributed by atoms with van der Waals surface area (Å²) < 4.78 is 0. The van der Waals surface area contributed by atoms with Crippen LogP contribution in [-0.2, 0) is 13.0 Å². The Morgan fingerprint density at radius 2 is 2.30 bits per heavy atom. The van der Waals surface area contributed by atoms with E-state index in [4.69, 9.17) is 5.73 Å². The number of benzene rings is 1. The number of thiazole rings is 1. The van der Waals surface area contributed by atoms with Crippen molar-refractivity contribution >= 4 is 28.1 Å². The number of aromatic nitrogens is 3. The van der Waals surface area contributed by atoms with E-state index in [1.165, 1.54) is 0 Å². The highest BCUT2D eigenvalue weighted by Crippen LogP contribution is 2.15. The summed E-state index contributed by atoms with van der Waals surface area (Å²) in [6.07, 6.45) is 0.884. The van der Waals surface area contributed by atoms with Crippen molar-refractivity contribution in [3.63, 3.8) is 0 Å². The SMILES string of the molecule is CN(CCc1nc2ccc(N)cc2[nH]1)Cc1cscn1. The third-order valence-electron chi connectivity index (χ3n) is 3.20. The number of fused-ring (bicyclic) bond motifs is 1. The van der Waals surface area contributed by atoms with E-state index in [-0.39, 0.29) is 0 Å². The van der Waals surface area contributed by atoms with E-state index in [1.807, 2.05) is 23.7 Å². The molecule has 0 aliphatic carbocycles. The lowest BCUT2D eigenvalue weighted by atomic mass is 10.3. The number of nitrogen functional groups attached to an aromatic ring is 1. The number of anilines is 1. The Balaban J connectivity index is 1.61. The van der Waals surface area contributed by atoms with E-state index >= 15 is 0 Å². The van der Waals surface area contributed by atoms with Crippen LogP contribution in [-0.4, -0.2) is 33.4 Å². The summed E-state index contributed by atoms with van der Waals surface area (Å²) in [6.45, 7) is 1.81. The fourth-order valence-corrected chi connectivity index (χ4v) is 2.72. The maximum atomic E-state index is 5.77. The number of likely N-dealkylation sites (N-methyl/N-ethyl adjacent to an activating group) is 1. The maximum Gasteiger partial charge on any atom is 0.108 e. The third-order valence-corrected chi connectivity index (χ3v) is 3.84. The molecule has 0 amide bonds. The number of imidazole rings is 1. The quantitative estimate of drug-likeness (QED) is 0.706. The topological polar surface area (TPSA) is 70.8 Å². The number of H-pyrrole nitrogens is 1. The van der Waals surface area contributed by atoms with E-state index in [9.17, 15) is 0 Å². The first-order valence-electron chi connectivity index (χ1n) is 6.50. The Labute approximate surface area is 121 Å². The molecule has 0 atom stereocenters. The zero-order valence-electron chi connectivity index (χ0n) is 11.3. The molecule has 2 aromatic heterocycles. The largest absolute Gasteiger partial charge is 0.399 e. The molecule has 0 aliphatic rings. The van der Waals surface area contributed by atoms with Crippen molar-refractivity contribution in [1.29, 1.82) is 0 Å². The van der Waals surface area contributed by atoms with Crippen LogP contribution in [0.2, 0.25) is 0 Å². The zero-order valence-corrected chi connectivity index (χ0v) is 12.2. The molecule has 2 heterocycles. The van der Waals surface area contributed by atoms with Crippen LogP contribution in [0.25, 0.3) is 11.0 Å². The van der Waals surface area contributed by atoms with Crippen LogP contribution in [0.5, 0.6) is 0 Å². The molecule has 5 nitrogen and oxygen atoms in total. The Morgan fingerprint density at radius 1 is 1.40 bits per heavy atom. The van der Waals surface area contributed by atoms with Crippen molar-refractivity contribution in [2.75, 3.05) is 19.3 Å². The minimum Gasteiger partial charge on any atom is -0.399 e. The second kappa shape index (κ2) is 5.60. The summed E-state index contributed by atoms with van der Waals surface area (Å²) in [5, 5.41) is 2.08. The lowest BCUT2D eigenvalue weighted by molar-refractivity contribution is 0.326. The lowest BCUT2D eigenvalue weighted by Gasteiger charge is -2.13. The van der Waals surface area contributed by atoms with Crippen LogP contribution < -0.4 is 5.73 Å². The van der Waals surface area contributed by atoms with Gasteiger partial charge in [-0.05, 0) is 25.2 Å². The average molecular weight is 287 g/mol. The van der Waals surface area contributed by atoms with Crippen LogP contribution in [0.4, 0.5) is 5.69 Å². The minimum atomic E-state index is 0.758. The van der Waals surface area contributed by atoms with E-state index in [2.05, 4.69) is 32.3 Å². The Morgan fingerprint density at radius 3 is 3.10 bits per heavy atom. The fraction of sp³-hybridized carbons (Fsp3) is 0.286. The summed E-state index contributed by atoms with van der Waals surface area (Å²) in [5.74, 6) is 0.996. The first-order chi connectivity index (χ1) is 9.70. The van der Waals surface area contributed by atoms with E-state index in [1.54, 1.807) is 11.3 Å². The molecule has 0 fully saturated rings. The summed E-state index contributed by atoms with van der Waals surface area (Å²) in [5.41, 5.74) is 11.5. The van der Waals surface area contributed by atoms with Crippen LogP contribution in [0, 0.1) is 0 Å². The van der Waals surface area contributed by atoms with Crippen LogP contribution in [0.3, 0.4) is 0 Å². The number of hydrogen-bond donors (Lipinski definition) is 2. The van der Waals surface area contributed by atoms with Crippen molar-refractivity contribution in [2.45, 2.75) is 13.0 Å². The van der Waals surface area contributed by atoms with E-state index < -0.39 is 0 Å². The summed E-state index contributed by atoms with van der Waals surface area (Å²) >= 11 is 1.63. The highest BCUT2D eigenvalue weighted by atomic mass is 32.1. The van der Waals surface area contributed by atoms with Crippen LogP contribution in [0.1, 0.15) is 11.5 Å². The van der Waals surface area contributed by atoms with Gasteiger partial charge >= 0.3 is 0 Å². The third kappa shape index (κ3) is 2.97. The van der Waals surface area contributed by atoms with Gasteiger partial charge in [-0.2, -0.15) is 0 Å². The Kier molecular flexibility index (Phi) is 3.66. The molecule has 0 aliphatic heterocycles. The molecule has 0 saturated heterocycles. The number of hydrogen-bond acceptors (Lipinski definition) is 5. The molecular formula is C14H17N5S. The molecule has 1 aromatic carbocycles. The van der Waals surface area contributed by atoms with Crippen molar-refractivity contribution in [1.82, 2.24) is 19.9 Å². The predicted octanol–water partition coefficient (Wildman–Crippen LogP) is 2.28. The second-order valence-corrected chi connectivity index (χ2v) is 5.65. The van der Waals surface area contributed by atoms with Gasteiger partial charge in [-0.15, -0.1) is 11.3 Å². The molecule has 0 radical (unpaired) electrons. The molecule has 3 N–H and O–H groups in total. The van der Waals surface area contributed by atoms with Gasteiger partial charge in [0.25, 0.3) is 0 Å². The van der Waals surface area contributed by atoms with Gasteiger partial charge in [-0.25, -0.2) is 9.97 Å². The lowest BCUT2D eigenvalue weighted by Crippen LogP contribution is -2.21. The Hall–Kier alpha value is -1.92. The number of rotatable bonds is 5. The summed E-state index contributed by atoms with van der Waals surface area (Å²) in [4.78, 5) is 14.4. The first-order valence-corrected chi connectivity index (χ1v) is 7.45. The highest BCUT2D eigenvalue weighted by Gasteiger charge is 2.06. The maximum absolute atomic E-state index is 5.77. The number of nitrogens with two attached hydrogens (primary N) is 1. The van der Waals surface area contributed by atoms with E-state index in [0.29, 0.717) is 0 Å². The number of aromatic amines is 1. The molecule has 20 heavy (non-hydrogen) atoms. The van der Waals surface area contributed by atoms with Gasteiger partial charge in [-0.1, -0.05) is 0 Å². The zero-order chi connectivity index (χ0) is 13.9. The van der Waals surface area contributed by atoms with Gasteiger partial charge < -0.3 is 15.6 Å². The minimum absolute atomic E-state index is 0.758. The summed E-state index contributed by atoms with van der Waals surface area (Å²) in [7, 11) is 2.10. The second-order valence-electron chi connectivity index (χ2n) is 4.93. The van der Waals surface area contributed by atoms with Gasteiger partial charge in [-0.3, -0.25) is 0 Å². The van der Waals surface area contributed by atoms with Gasteiger partial charge in [0.15, 0.2) is 0 Å². The first kappa shape index (κ1) is 13.1. The summed E-state index contributed by atoms with van der Waals surface area (Å²) in [6, 6.07) is 5.75. The molecule has 0 spiro atoms. The normalized spacial score (nSPS) is 11.5. The smallest absolute Gasteiger partial charge is 0.108 e. The number of nitrogens with one attached hydrogen (secondary N) is 1. The number of nitrogens with zero attached hydrogens (tertiary/aromatic N) is 3. The van der Waals surface area contributed by atoms with Gasteiger partial charge in [0.1, 0.15) is 5.82 Å². The average Bonchev–Trinajstić information content (AvgIpc) is 3.04. The van der Waals surface area contributed by atoms with Gasteiger partial charge in [0.05, 0.1) is 22.2 Å².